The number of carbonyl (C=O) groups is 1. The Balaban J connectivity index is 1.77. The number of hydrogen-bond donors (Lipinski definition) is 0. The Morgan fingerprint density at radius 2 is 1.72 bits per heavy atom. The summed E-state index contributed by atoms with van der Waals surface area (Å²) in [5.41, 5.74) is 3.28. The van der Waals surface area contributed by atoms with E-state index in [0.29, 0.717) is 22.6 Å². The number of esters is 1. The van der Waals surface area contributed by atoms with Crippen LogP contribution in [0, 0.1) is 13.8 Å². The Labute approximate surface area is 168 Å². The largest absolute Gasteiger partial charge is 0.497 e. The molecule has 3 rings (SSSR count). The standard InChI is InChI=1S/C23H22O6/c1-14-5-7-20-17(11-22(25)29-23(20)15(14)2)13-28-21(24)8-6-16-9-18(26-3)12-19(10-16)27-4/h5-12H,13H2,1-4H3/b8-6+. The molecule has 1 heterocycles. The van der Waals surface area contributed by atoms with Crippen LogP contribution in [-0.4, -0.2) is 20.2 Å². The fourth-order valence-electron chi connectivity index (χ4n) is 2.93. The molecule has 3 aromatic rings. The van der Waals surface area contributed by atoms with E-state index >= 15 is 0 Å². The normalized spacial score (nSPS) is 11.0. The molecule has 0 saturated carbocycles. The zero-order valence-electron chi connectivity index (χ0n) is 16.8. The number of aryl methyl sites for hydroxylation is 2. The predicted octanol–water partition coefficient (Wildman–Crippen LogP) is 4.18. The lowest BCUT2D eigenvalue weighted by Gasteiger charge is -2.09. The molecule has 0 amide bonds. The molecule has 0 aliphatic rings. The Bertz CT molecular complexity index is 1120. The smallest absolute Gasteiger partial charge is 0.336 e. The third-order valence-electron chi connectivity index (χ3n) is 4.67. The van der Waals surface area contributed by atoms with Crippen LogP contribution in [0.15, 0.2) is 51.7 Å². The predicted molar refractivity (Wildman–Crippen MR) is 110 cm³/mol. The van der Waals surface area contributed by atoms with Gasteiger partial charge in [0.15, 0.2) is 0 Å². The number of hydrogen-bond acceptors (Lipinski definition) is 6. The van der Waals surface area contributed by atoms with Gasteiger partial charge in [-0.2, -0.15) is 0 Å². The molecule has 0 radical (unpaired) electrons. The first-order valence-electron chi connectivity index (χ1n) is 9.02. The summed E-state index contributed by atoms with van der Waals surface area (Å²) in [5.74, 6) is 0.702. The second-order valence-corrected chi connectivity index (χ2v) is 6.56. The van der Waals surface area contributed by atoms with Gasteiger partial charge < -0.3 is 18.6 Å². The molecule has 0 aliphatic heterocycles. The van der Waals surface area contributed by atoms with Crippen molar-refractivity contribution in [3.05, 3.63) is 75.1 Å². The average molecular weight is 394 g/mol. The number of benzene rings is 2. The first-order valence-corrected chi connectivity index (χ1v) is 9.02. The summed E-state index contributed by atoms with van der Waals surface area (Å²) in [4.78, 5) is 24.1. The number of rotatable bonds is 6. The molecular formula is C23H22O6. The number of fused-ring (bicyclic) bond motifs is 1. The van der Waals surface area contributed by atoms with Crippen molar-refractivity contribution < 1.29 is 23.4 Å². The Kier molecular flexibility index (Phi) is 6.02. The first kappa shape index (κ1) is 20.2. The monoisotopic (exact) mass is 394 g/mol. The molecule has 6 nitrogen and oxygen atoms in total. The van der Waals surface area contributed by atoms with Gasteiger partial charge in [0.05, 0.1) is 14.2 Å². The molecule has 0 unspecified atom stereocenters. The number of ether oxygens (including phenoxy) is 3. The van der Waals surface area contributed by atoms with Gasteiger partial charge in [0.1, 0.15) is 23.7 Å². The second-order valence-electron chi connectivity index (χ2n) is 6.56. The van der Waals surface area contributed by atoms with Crippen molar-refractivity contribution in [2.75, 3.05) is 14.2 Å². The molecule has 2 aromatic carbocycles. The molecule has 0 saturated heterocycles. The minimum atomic E-state index is -0.531. The van der Waals surface area contributed by atoms with Crippen LogP contribution in [0.3, 0.4) is 0 Å². The summed E-state index contributed by atoms with van der Waals surface area (Å²) >= 11 is 0. The van der Waals surface area contributed by atoms with Gasteiger partial charge in [-0.3, -0.25) is 0 Å². The van der Waals surface area contributed by atoms with E-state index in [-0.39, 0.29) is 6.61 Å². The maximum Gasteiger partial charge on any atom is 0.336 e. The van der Waals surface area contributed by atoms with E-state index in [0.717, 1.165) is 22.1 Å². The van der Waals surface area contributed by atoms with E-state index in [1.54, 1.807) is 38.5 Å². The van der Waals surface area contributed by atoms with Gasteiger partial charge >= 0.3 is 11.6 Å². The lowest BCUT2D eigenvalue weighted by atomic mass is 10.0. The lowest BCUT2D eigenvalue weighted by Crippen LogP contribution is -2.06. The Morgan fingerprint density at radius 1 is 1.03 bits per heavy atom. The molecular weight excluding hydrogens is 372 g/mol. The van der Waals surface area contributed by atoms with Crippen LogP contribution in [0.5, 0.6) is 11.5 Å². The molecule has 0 fully saturated rings. The van der Waals surface area contributed by atoms with Crippen LogP contribution in [0.2, 0.25) is 0 Å². The van der Waals surface area contributed by atoms with Crippen LogP contribution < -0.4 is 15.1 Å². The molecule has 0 spiro atoms. The third kappa shape index (κ3) is 4.66. The topological polar surface area (TPSA) is 75.0 Å². The minimum absolute atomic E-state index is 0.0325. The van der Waals surface area contributed by atoms with Gasteiger partial charge in [-0.15, -0.1) is 0 Å². The van der Waals surface area contributed by atoms with Crippen LogP contribution in [0.1, 0.15) is 22.3 Å². The highest BCUT2D eigenvalue weighted by molar-refractivity contribution is 5.88. The van der Waals surface area contributed by atoms with Crippen molar-refractivity contribution in [1.29, 1.82) is 0 Å². The van der Waals surface area contributed by atoms with E-state index in [1.807, 2.05) is 26.0 Å². The van der Waals surface area contributed by atoms with Crippen LogP contribution >= 0.6 is 0 Å². The average Bonchev–Trinajstić information content (AvgIpc) is 2.73. The fraction of sp³-hybridized carbons (Fsp3) is 0.217. The van der Waals surface area contributed by atoms with Gasteiger partial charge in [-0.1, -0.05) is 12.1 Å². The molecule has 0 bridgehead atoms. The van der Waals surface area contributed by atoms with Crippen LogP contribution in [0.25, 0.3) is 17.0 Å². The second kappa shape index (κ2) is 8.65. The van der Waals surface area contributed by atoms with Gasteiger partial charge in [-0.05, 0) is 48.7 Å². The highest BCUT2D eigenvalue weighted by Gasteiger charge is 2.11. The van der Waals surface area contributed by atoms with Crippen molar-refractivity contribution in [1.82, 2.24) is 0 Å². The highest BCUT2D eigenvalue weighted by Crippen LogP contribution is 2.24. The summed E-state index contributed by atoms with van der Waals surface area (Å²) in [7, 11) is 3.11. The summed E-state index contributed by atoms with van der Waals surface area (Å²) in [6, 6.07) is 10.4. The molecule has 0 aliphatic carbocycles. The number of carbonyl (C=O) groups excluding carboxylic acids is 1. The summed E-state index contributed by atoms with van der Waals surface area (Å²) in [5, 5.41) is 0.752. The highest BCUT2D eigenvalue weighted by atomic mass is 16.5. The zero-order valence-corrected chi connectivity index (χ0v) is 16.8. The summed E-state index contributed by atoms with van der Waals surface area (Å²) in [6.45, 7) is 3.80. The first-order chi connectivity index (χ1) is 13.9. The van der Waals surface area contributed by atoms with Gasteiger partial charge in [0.2, 0.25) is 0 Å². The molecule has 1 aromatic heterocycles. The zero-order chi connectivity index (χ0) is 21.0. The number of methoxy groups -OCH3 is 2. The van der Waals surface area contributed by atoms with Crippen LogP contribution in [0.4, 0.5) is 0 Å². The summed E-state index contributed by atoms with van der Waals surface area (Å²) < 4.78 is 21.1. The maximum absolute atomic E-state index is 12.2. The van der Waals surface area contributed by atoms with Crippen molar-refractivity contribution in [3.63, 3.8) is 0 Å². The molecule has 0 atom stereocenters. The maximum atomic E-state index is 12.2. The van der Waals surface area contributed by atoms with Crippen molar-refractivity contribution >= 4 is 23.0 Å². The lowest BCUT2D eigenvalue weighted by molar-refractivity contribution is -0.138. The molecule has 150 valence electrons. The van der Waals surface area contributed by atoms with E-state index in [1.165, 1.54) is 12.1 Å². The van der Waals surface area contributed by atoms with E-state index < -0.39 is 11.6 Å². The Hall–Kier alpha value is -3.54. The minimum Gasteiger partial charge on any atom is -0.497 e. The molecule has 0 N–H and O–H groups in total. The quantitative estimate of drug-likeness (QED) is 0.355. The molecule has 29 heavy (non-hydrogen) atoms. The van der Waals surface area contributed by atoms with E-state index in [2.05, 4.69) is 0 Å². The van der Waals surface area contributed by atoms with Crippen molar-refractivity contribution in [2.45, 2.75) is 20.5 Å². The third-order valence-corrected chi connectivity index (χ3v) is 4.67. The summed E-state index contributed by atoms with van der Waals surface area (Å²) in [6.07, 6.45) is 2.93. The van der Waals surface area contributed by atoms with E-state index in [4.69, 9.17) is 18.6 Å². The van der Waals surface area contributed by atoms with Crippen molar-refractivity contribution in [3.8, 4) is 11.5 Å². The fourth-order valence-corrected chi connectivity index (χ4v) is 2.93. The Morgan fingerprint density at radius 3 is 2.38 bits per heavy atom. The van der Waals surface area contributed by atoms with Gasteiger partial charge in [0.25, 0.3) is 0 Å². The van der Waals surface area contributed by atoms with Gasteiger partial charge in [0, 0.05) is 29.2 Å². The van der Waals surface area contributed by atoms with Gasteiger partial charge in [-0.25, -0.2) is 9.59 Å². The van der Waals surface area contributed by atoms with Crippen molar-refractivity contribution in [2.24, 2.45) is 0 Å². The SMILES string of the molecule is COc1cc(/C=C/C(=O)OCc2cc(=O)oc3c(C)c(C)ccc23)cc(OC)c1. The van der Waals surface area contributed by atoms with E-state index in [9.17, 15) is 9.59 Å². The van der Waals surface area contributed by atoms with Crippen LogP contribution in [-0.2, 0) is 16.1 Å². The molecule has 6 heteroatoms.